The second kappa shape index (κ2) is 5.41. The number of hydrogen-bond acceptors (Lipinski definition) is 2. The van der Waals surface area contributed by atoms with Gasteiger partial charge in [0.15, 0.2) is 0 Å². The first-order valence-corrected chi connectivity index (χ1v) is 6.44. The zero-order valence-corrected chi connectivity index (χ0v) is 10.8. The van der Waals surface area contributed by atoms with Gasteiger partial charge in [-0.3, -0.25) is 4.79 Å². The molecule has 0 spiro atoms. The normalized spacial score (nSPS) is 15.4. The standard InChI is InChI=1S/C13H17ClN2O/c1-2-7-15-10-5-6-12(11(14)9-10)16-8-3-4-13(16)17/h5-6,9,15H,2-4,7-8H2,1H3. The zero-order valence-electron chi connectivity index (χ0n) is 10.0. The van der Waals surface area contributed by atoms with Gasteiger partial charge in [0.1, 0.15) is 0 Å². The van der Waals surface area contributed by atoms with Gasteiger partial charge in [0.05, 0.1) is 10.7 Å². The maximum atomic E-state index is 11.6. The van der Waals surface area contributed by atoms with Crippen LogP contribution in [0.2, 0.25) is 5.02 Å². The number of amides is 1. The summed E-state index contributed by atoms with van der Waals surface area (Å²) in [7, 11) is 0. The Morgan fingerprint density at radius 1 is 1.47 bits per heavy atom. The topological polar surface area (TPSA) is 32.3 Å². The quantitative estimate of drug-likeness (QED) is 0.892. The van der Waals surface area contributed by atoms with E-state index in [0.29, 0.717) is 11.4 Å². The fraction of sp³-hybridized carbons (Fsp3) is 0.462. The molecule has 0 aromatic heterocycles. The van der Waals surface area contributed by atoms with Crippen molar-refractivity contribution in [1.29, 1.82) is 0 Å². The van der Waals surface area contributed by atoms with Gasteiger partial charge in [-0.05, 0) is 31.0 Å². The summed E-state index contributed by atoms with van der Waals surface area (Å²) in [5.74, 6) is 0.168. The molecule has 1 fully saturated rings. The molecular weight excluding hydrogens is 236 g/mol. The van der Waals surface area contributed by atoms with Crippen LogP contribution in [0.25, 0.3) is 0 Å². The summed E-state index contributed by atoms with van der Waals surface area (Å²) in [4.78, 5) is 13.4. The Bertz CT molecular complexity index is 420. The van der Waals surface area contributed by atoms with Crippen molar-refractivity contribution < 1.29 is 4.79 Å². The molecule has 17 heavy (non-hydrogen) atoms. The average molecular weight is 253 g/mol. The molecule has 0 radical (unpaired) electrons. The lowest BCUT2D eigenvalue weighted by atomic mass is 10.2. The lowest BCUT2D eigenvalue weighted by molar-refractivity contribution is -0.117. The second-order valence-electron chi connectivity index (χ2n) is 4.24. The predicted octanol–water partition coefficient (Wildman–Crippen LogP) is 3.29. The van der Waals surface area contributed by atoms with Crippen LogP contribution in [0.3, 0.4) is 0 Å². The summed E-state index contributed by atoms with van der Waals surface area (Å²) in [6.07, 6.45) is 2.63. The summed E-state index contributed by atoms with van der Waals surface area (Å²) >= 11 is 6.22. The van der Waals surface area contributed by atoms with Crippen molar-refractivity contribution in [2.24, 2.45) is 0 Å². The monoisotopic (exact) mass is 252 g/mol. The molecule has 1 amide bonds. The van der Waals surface area contributed by atoms with Crippen molar-refractivity contribution in [1.82, 2.24) is 0 Å². The van der Waals surface area contributed by atoms with Crippen molar-refractivity contribution in [3.8, 4) is 0 Å². The van der Waals surface area contributed by atoms with Crippen LogP contribution < -0.4 is 10.2 Å². The van der Waals surface area contributed by atoms with Crippen molar-refractivity contribution >= 4 is 28.9 Å². The van der Waals surface area contributed by atoms with Gasteiger partial charge in [-0.1, -0.05) is 18.5 Å². The SMILES string of the molecule is CCCNc1ccc(N2CCCC2=O)c(Cl)c1. The van der Waals surface area contributed by atoms with Crippen LogP contribution in [-0.4, -0.2) is 19.0 Å². The molecule has 92 valence electrons. The van der Waals surface area contributed by atoms with E-state index in [4.69, 9.17) is 11.6 Å². The van der Waals surface area contributed by atoms with E-state index in [1.807, 2.05) is 18.2 Å². The molecule has 0 aliphatic carbocycles. The molecule has 0 unspecified atom stereocenters. The summed E-state index contributed by atoms with van der Waals surface area (Å²) in [6.45, 7) is 3.82. The number of hydrogen-bond donors (Lipinski definition) is 1. The number of carbonyl (C=O) groups is 1. The second-order valence-corrected chi connectivity index (χ2v) is 4.65. The van der Waals surface area contributed by atoms with Crippen LogP contribution in [0.1, 0.15) is 26.2 Å². The van der Waals surface area contributed by atoms with E-state index in [9.17, 15) is 4.79 Å². The molecule has 3 nitrogen and oxygen atoms in total. The van der Waals surface area contributed by atoms with Crippen LogP contribution in [0.4, 0.5) is 11.4 Å². The first-order valence-electron chi connectivity index (χ1n) is 6.06. The van der Waals surface area contributed by atoms with E-state index in [-0.39, 0.29) is 5.91 Å². The number of benzene rings is 1. The molecule has 1 aliphatic heterocycles. The Balaban J connectivity index is 2.16. The molecule has 0 bridgehead atoms. The van der Waals surface area contributed by atoms with Crippen molar-refractivity contribution in [3.63, 3.8) is 0 Å². The average Bonchev–Trinajstić information content (AvgIpc) is 2.73. The molecule has 1 aliphatic rings. The molecular formula is C13H17ClN2O. The minimum Gasteiger partial charge on any atom is -0.385 e. The van der Waals surface area contributed by atoms with Gasteiger partial charge in [0, 0.05) is 25.2 Å². The van der Waals surface area contributed by atoms with Gasteiger partial charge in [-0.2, -0.15) is 0 Å². The number of nitrogens with one attached hydrogen (secondary N) is 1. The first-order chi connectivity index (χ1) is 8.22. The Hall–Kier alpha value is -1.22. The molecule has 2 rings (SSSR count). The molecule has 0 atom stereocenters. The number of halogens is 1. The highest BCUT2D eigenvalue weighted by atomic mass is 35.5. The minimum atomic E-state index is 0.168. The molecule has 1 aromatic carbocycles. The van der Waals surface area contributed by atoms with E-state index in [0.717, 1.165) is 37.3 Å². The highest BCUT2D eigenvalue weighted by Gasteiger charge is 2.23. The third-order valence-electron chi connectivity index (χ3n) is 2.89. The molecule has 1 aromatic rings. The van der Waals surface area contributed by atoms with E-state index in [1.54, 1.807) is 4.90 Å². The molecule has 1 heterocycles. The van der Waals surface area contributed by atoms with Gasteiger partial charge in [0.2, 0.25) is 5.91 Å². The summed E-state index contributed by atoms with van der Waals surface area (Å²) in [5, 5.41) is 3.92. The van der Waals surface area contributed by atoms with Gasteiger partial charge in [-0.25, -0.2) is 0 Å². The Morgan fingerprint density at radius 3 is 2.88 bits per heavy atom. The van der Waals surface area contributed by atoms with Crippen LogP contribution >= 0.6 is 11.6 Å². The van der Waals surface area contributed by atoms with E-state index in [1.165, 1.54) is 0 Å². The smallest absolute Gasteiger partial charge is 0.227 e. The fourth-order valence-corrected chi connectivity index (χ4v) is 2.29. The van der Waals surface area contributed by atoms with E-state index in [2.05, 4.69) is 12.2 Å². The maximum Gasteiger partial charge on any atom is 0.227 e. The lowest BCUT2D eigenvalue weighted by Crippen LogP contribution is -2.23. The van der Waals surface area contributed by atoms with Gasteiger partial charge in [0.25, 0.3) is 0 Å². The van der Waals surface area contributed by atoms with Crippen molar-refractivity contribution in [2.45, 2.75) is 26.2 Å². The Morgan fingerprint density at radius 2 is 2.29 bits per heavy atom. The van der Waals surface area contributed by atoms with Crippen molar-refractivity contribution in [2.75, 3.05) is 23.3 Å². The zero-order chi connectivity index (χ0) is 12.3. The maximum absolute atomic E-state index is 11.6. The third kappa shape index (κ3) is 2.72. The lowest BCUT2D eigenvalue weighted by Gasteiger charge is -2.18. The first kappa shape index (κ1) is 12.2. The summed E-state index contributed by atoms with van der Waals surface area (Å²) in [5.41, 5.74) is 1.84. The van der Waals surface area contributed by atoms with E-state index >= 15 is 0 Å². The van der Waals surface area contributed by atoms with Crippen LogP contribution in [0, 0.1) is 0 Å². The summed E-state index contributed by atoms with van der Waals surface area (Å²) in [6, 6.07) is 5.78. The van der Waals surface area contributed by atoms with Gasteiger partial charge in [-0.15, -0.1) is 0 Å². The molecule has 1 N–H and O–H groups in total. The highest BCUT2D eigenvalue weighted by molar-refractivity contribution is 6.34. The molecule has 0 saturated carbocycles. The number of carbonyl (C=O) groups excluding carboxylic acids is 1. The van der Waals surface area contributed by atoms with Crippen LogP contribution in [0.5, 0.6) is 0 Å². The fourth-order valence-electron chi connectivity index (χ4n) is 2.01. The Kier molecular flexibility index (Phi) is 3.89. The van der Waals surface area contributed by atoms with E-state index < -0.39 is 0 Å². The minimum absolute atomic E-state index is 0.168. The largest absolute Gasteiger partial charge is 0.385 e. The van der Waals surface area contributed by atoms with Crippen molar-refractivity contribution in [3.05, 3.63) is 23.2 Å². The third-order valence-corrected chi connectivity index (χ3v) is 3.19. The Labute approximate surface area is 107 Å². The number of anilines is 2. The molecule has 1 saturated heterocycles. The van der Waals surface area contributed by atoms with Gasteiger partial charge >= 0.3 is 0 Å². The highest BCUT2D eigenvalue weighted by Crippen LogP contribution is 2.31. The predicted molar refractivity (Wildman–Crippen MR) is 71.8 cm³/mol. The molecule has 4 heteroatoms. The number of rotatable bonds is 4. The van der Waals surface area contributed by atoms with Crippen LogP contribution in [0.15, 0.2) is 18.2 Å². The van der Waals surface area contributed by atoms with Crippen LogP contribution in [-0.2, 0) is 4.79 Å². The van der Waals surface area contributed by atoms with Gasteiger partial charge < -0.3 is 10.2 Å². The summed E-state index contributed by atoms with van der Waals surface area (Å²) < 4.78 is 0. The number of nitrogens with zero attached hydrogens (tertiary/aromatic N) is 1.